The Hall–Kier alpha value is -1.00. The third-order valence-electron chi connectivity index (χ3n) is 4.04. The number of allylic oxidation sites excluding steroid dienone is 2. The lowest BCUT2D eigenvalue weighted by atomic mass is 9.83. The minimum atomic E-state index is -4.52. The second-order valence-corrected chi connectivity index (χ2v) is 5.57. The number of ether oxygens (including phenoxy) is 1. The standard InChI is InChI=1S/C13H17F3O2/c1-8(17)18-12(2,13(14,15)16)7-11-6-9-3-4-10(11)5-9/h3-4,9-11H,5-7H2,1-2H3. The quantitative estimate of drug-likeness (QED) is 0.575. The van der Waals surface area contributed by atoms with Crippen LogP contribution in [-0.2, 0) is 9.53 Å². The number of hydrogen-bond donors (Lipinski definition) is 0. The van der Waals surface area contributed by atoms with Crippen LogP contribution in [0.1, 0.15) is 33.1 Å². The molecule has 2 rings (SSSR count). The molecule has 0 radical (unpaired) electrons. The van der Waals surface area contributed by atoms with Crippen LogP contribution in [0.2, 0.25) is 0 Å². The minimum Gasteiger partial charge on any atom is -0.450 e. The van der Waals surface area contributed by atoms with Gasteiger partial charge < -0.3 is 4.74 Å². The van der Waals surface area contributed by atoms with Crippen LogP contribution in [0, 0.1) is 17.8 Å². The van der Waals surface area contributed by atoms with Crippen LogP contribution in [0.25, 0.3) is 0 Å². The second kappa shape index (κ2) is 4.28. The summed E-state index contributed by atoms with van der Waals surface area (Å²) >= 11 is 0. The smallest absolute Gasteiger partial charge is 0.428 e. The fraction of sp³-hybridized carbons (Fsp3) is 0.769. The highest BCUT2D eigenvalue weighted by Crippen LogP contribution is 2.49. The van der Waals surface area contributed by atoms with Crippen LogP contribution in [0.5, 0.6) is 0 Å². The van der Waals surface area contributed by atoms with Crippen LogP contribution >= 0.6 is 0 Å². The Morgan fingerprint density at radius 3 is 2.39 bits per heavy atom. The highest BCUT2D eigenvalue weighted by atomic mass is 19.4. The lowest BCUT2D eigenvalue weighted by molar-refractivity contribution is -0.268. The fourth-order valence-electron chi connectivity index (χ4n) is 3.16. The highest BCUT2D eigenvalue weighted by Gasteiger charge is 2.56. The Morgan fingerprint density at radius 2 is 2.00 bits per heavy atom. The number of halogens is 3. The van der Waals surface area contributed by atoms with Crippen molar-refractivity contribution in [3.63, 3.8) is 0 Å². The van der Waals surface area contributed by atoms with Crippen molar-refractivity contribution in [1.29, 1.82) is 0 Å². The number of carbonyl (C=O) groups is 1. The third kappa shape index (κ3) is 2.40. The van der Waals surface area contributed by atoms with E-state index in [-0.39, 0.29) is 18.3 Å². The molecule has 0 aliphatic heterocycles. The molecule has 0 amide bonds. The second-order valence-electron chi connectivity index (χ2n) is 5.57. The van der Waals surface area contributed by atoms with E-state index in [0.717, 1.165) is 26.7 Å². The Balaban J connectivity index is 2.11. The minimum absolute atomic E-state index is 0.0361. The molecule has 2 bridgehead atoms. The SMILES string of the molecule is CC(=O)OC(C)(CC1CC2C=CC1C2)C(F)(F)F. The zero-order valence-electron chi connectivity index (χ0n) is 10.5. The van der Waals surface area contributed by atoms with Crippen molar-refractivity contribution in [2.45, 2.75) is 44.9 Å². The first kappa shape index (κ1) is 13.4. The first-order chi connectivity index (χ1) is 8.21. The summed E-state index contributed by atoms with van der Waals surface area (Å²) in [5.74, 6) is -0.290. The van der Waals surface area contributed by atoms with E-state index in [1.54, 1.807) is 0 Å². The molecule has 4 unspecified atom stereocenters. The van der Waals surface area contributed by atoms with Gasteiger partial charge in [0.05, 0.1) is 0 Å². The predicted octanol–water partition coefficient (Wildman–Crippen LogP) is 3.47. The summed E-state index contributed by atoms with van der Waals surface area (Å²) in [7, 11) is 0. The van der Waals surface area contributed by atoms with E-state index < -0.39 is 17.7 Å². The summed E-state index contributed by atoms with van der Waals surface area (Å²) in [5, 5.41) is 0. The number of fused-ring (bicyclic) bond motifs is 2. The van der Waals surface area contributed by atoms with Gasteiger partial charge in [-0.2, -0.15) is 13.2 Å². The van der Waals surface area contributed by atoms with E-state index in [1.165, 1.54) is 0 Å². The Morgan fingerprint density at radius 1 is 1.33 bits per heavy atom. The van der Waals surface area contributed by atoms with E-state index in [1.807, 2.05) is 6.08 Å². The summed E-state index contributed by atoms with van der Waals surface area (Å²) < 4.78 is 43.8. The van der Waals surface area contributed by atoms with Gasteiger partial charge in [-0.05, 0) is 43.9 Å². The molecule has 18 heavy (non-hydrogen) atoms. The van der Waals surface area contributed by atoms with E-state index >= 15 is 0 Å². The molecule has 2 nitrogen and oxygen atoms in total. The van der Waals surface area contributed by atoms with Gasteiger partial charge in [0.15, 0.2) is 0 Å². The van der Waals surface area contributed by atoms with Crippen LogP contribution in [-0.4, -0.2) is 17.7 Å². The molecule has 1 fully saturated rings. The Bertz CT molecular complexity index is 375. The number of hydrogen-bond acceptors (Lipinski definition) is 2. The van der Waals surface area contributed by atoms with Gasteiger partial charge in [-0.1, -0.05) is 12.2 Å². The normalized spacial score (nSPS) is 33.5. The maximum Gasteiger partial charge on any atom is 0.428 e. The molecular weight excluding hydrogens is 245 g/mol. The fourth-order valence-corrected chi connectivity index (χ4v) is 3.16. The molecular formula is C13H17F3O2. The van der Waals surface area contributed by atoms with Gasteiger partial charge in [-0.25, -0.2) is 0 Å². The monoisotopic (exact) mass is 262 g/mol. The van der Waals surface area contributed by atoms with E-state index in [9.17, 15) is 18.0 Å². The number of carbonyl (C=O) groups excluding carboxylic acids is 1. The Kier molecular flexibility index (Phi) is 3.19. The van der Waals surface area contributed by atoms with Crippen molar-refractivity contribution in [2.24, 2.45) is 17.8 Å². The zero-order chi connectivity index (χ0) is 13.6. The van der Waals surface area contributed by atoms with Gasteiger partial charge in [0.1, 0.15) is 0 Å². The topological polar surface area (TPSA) is 26.3 Å². The summed E-state index contributed by atoms with van der Waals surface area (Å²) in [5.41, 5.74) is -2.36. The molecule has 0 aromatic rings. The molecule has 0 spiro atoms. The Labute approximate surface area is 104 Å². The lowest BCUT2D eigenvalue weighted by Crippen LogP contribution is -2.47. The first-order valence-electron chi connectivity index (χ1n) is 6.16. The summed E-state index contributed by atoms with van der Waals surface area (Å²) in [6, 6.07) is 0. The molecule has 102 valence electrons. The van der Waals surface area contributed by atoms with Crippen LogP contribution in [0.3, 0.4) is 0 Å². The summed E-state index contributed by atoms with van der Waals surface area (Å²) in [6.07, 6.45) is 1.14. The average Bonchev–Trinajstić information content (AvgIpc) is 2.75. The van der Waals surface area contributed by atoms with Gasteiger partial charge in [-0.3, -0.25) is 4.79 Å². The van der Waals surface area contributed by atoms with Crippen LogP contribution in [0.15, 0.2) is 12.2 Å². The molecule has 2 aliphatic carbocycles. The van der Waals surface area contributed by atoms with Gasteiger partial charge in [0.2, 0.25) is 5.60 Å². The maximum absolute atomic E-state index is 13.1. The average molecular weight is 262 g/mol. The molecule has 0 aromatic carbocycles. The molecule has 4 atom stereocenters. The van der Waals surface area contributed by atoms with Crippen molar-refractivity contribution >= 4 is 5.97 Å². The summed E-state index contributed by atoms with van der Waals surface area (Å²) in [4.78, 5) is 10.9. The largest absolute Gasteiger partial charge is 0.450 e. The number of esters is 1. The molecule has 1 saturated carbocycles. The molecule has 0 aromatic heterocycles. The van der Waals surface area contributed by atoms with Crippen molar-refractivity contribution < 1.29 is 22.7 Å². The van der Waals surface area contributed by atoms with Crippen LogP contribution in [0.4, 0.5) is 13.2 Å². The molecule has 0 heterocycles. The highest BCUT2D eigenvalue weighted by molar-refractivity contribution is 5.66. The van der Waals surface area contributed by atoms with Crippen LogP contribution < -0.4 is 0 Å². The van der Waals surface area contributed by atoms with Crippen molar-refractivity contribution in [3.05, 3.63) is 12.2 Å². The van der Waals surface area contributed by atoms with Gasteiger partial charge in [0.25, 0.3) is 0 Å². The number of rotatable bonds is 3. The van der Waals surface area contributed by atoms with E-state index in [0.29, 0.717) is 5.92 Å². The molecule has 0 saturated heterocycles. The summed E-state index contributed by atoms with van der Waals surface area (Å²) in [6.45, 7) is 1.99. The third-order valence-corrected chi connectivity index (χ3v) is 4.04. The van der Waals surface area contributed by atoms with Crippen molar-refractivity contribution in [2.75, 3.05) is 0 Å². The van der Waals surface area contributed by atoms with Crippen molar-refractivity contribution in [3.8, 4) is 0 Å². The maximum atomic E-state index is 13.1. The molecule has 0 N–H and O–H groups in total. The van der Waals surface area contributed by atoms with Crippen molar-refractivity contribution in [1.82, 2.24) is 0 Å². The van der Waals surface area contributed by atoms with E-state index in [4.69, 9.17) is 0 Å². The first-order valence-corrected chi connectivity index (χ1v) is 6.16. The van der Waals surface area contributed by atoms with E-state index in [2.05, 4.69) is 10.8 Å². The van der Waals surface area contributed by atoms with Gasteiger partial charge >= 0.3 is 12.1 Å². The van der Waals surface area contributed by atoms with Gasteiger partial charge in [0, 0.05) is 6.92 Å². The molecule has 5 heteroatoms. The molecule has 2 aliphatic rings. The lowest BCUT2D eigenvalue weighted by Gasteiger charge is -2.35. The zero-order valence-corrected chi connectivity index (χ0v) is 10.5. The van der Waals surface area contributed by atoms with Gasteiger partial charge in [-0.15, -0.1) is 0 Å². The predicted molar refractivity (Wildman–Crippen MR) is 59.7 cm³/mol. The number of alkyl halides is 3.